The van der Waals surface area contributed by atoms with Crippen LogP contribution in [0.4, 0.5) is 0 Å². The van der Waals surface area contributed by atoms with Crippen molar-refractivity contribution < 1.29 is 9.53 Å². The van der Waals surface area contributed by atoms with Gasteiger partial charge in [0.2, 0.25) is 0 Å². The molecule has 1 heterocycles. The third-order valence-corrected chi connectivity index (χ3v) is 5.55. The Morgan fingerprint density at radius 2 is 1.84 bits per heavy atom. The molecule has 140 valence electrons. The highest BCUT2D eigenvalue weighted by atomic mass is 35.5. The number of rotatable bonds is 5. The van der Waals surface area contributed by atoms with Crippen molar-refractivity contribution in [3.8, 4) is 0 Å². The smallest absolute Gasteiger partial charge is 0.254 e. The number of ether oxygens (including phenoxy) is 1. The molecule has 1 saturated carbocycles. The maximum Gasteiger partial charge on any atom is 0.254 e. The Labute approximate surface area is 157 Å². The fourth-order valence-electron chi connectivity index (χ4n) is 3.91. The van der Waals surface area contributed by atoms with E-state index in [-0.39, 0.29) is 24.4 Å². The topological polar surface area (TPSA) is 55.6 Å². The Morgan fingerprint density at radius 1 is 1.16 bits per heavy atom. The predicted molar refractivity (Wildman–Crippen MR) is 103 cm³/mol. The number of nitrogens with zero attached hydrogens (tertiary/aromatic N) is 1. The molecule has 5 heteroatoms. The van der Waals surface area contributed by atoms with Gasteiger partial charge in [-0.25, -0.2) is 0 Å². The Kier molecular flexibility index (Phi) is 7.73. The summed E-state index contributed by atoms with van der Waals surface area (Å²) in [6.45, 7) is 4.39. The lowest BCUT2D eigenvalue weighted by molar-refractivity contribution is 0.0341. The Bertz CT molecular complexity index is 535. The zero-order chi connectivity index (χ0) is 16.9. The number of halogens is 1. The summed E-state index contributed by atoms with van der Waals surface area (Å²) in [5, 5.41) is 0. The molecule has 25 heavy (non-hydrogen) atoms. The van der Waals surface area contributed by atoms with Crippen molar-refractivity contribution in [2.24, 2.45) is 11.7 Å². The molecule has 4 nitrogen and oxygen atoms in total. The maximum absolute atomic E-state index is 13.2. The zero-order valence-electron chi connectivity index (χ0n) is 15.2. The molecule has 2 aliphatic rings. The van der Waals surface area contributed by atoms with E-state index in [2.05, 4.69) is 11.8 Å². The zero-order valence-corrected chi connectivity index (χ0v) is 16.0. The summed E-state index contributed by atoms with van der Waals surface area (Å²) >= 11 is 0. The second kappa shape index (κ2) is 9.56. The van der Waals surface area contributed by atoms with Crippen LogP contribution < -0.4 is 5.73 Å². The molecule has 1 unspecified atom stereocenters. The van der Waals surface area contributed by atoms with Crippen molar-refractivity contribution in [3.63, 3.8) is 0 Å². The minimum Gasteiger partial charge on any atom is -0.376 e. The van der Waals surface area contributed by atoms with E-state index in [0.29, 0.717) is 12.6 Å². The minimum atomic E-state index is 0. The molecule has 0 bridgehead atoms. The van der Waals surface area contributed by atoms with Crippen molar-refractivity contribution in [1.82, 2.24) is 4.90 Å². The molecule has 2 fully saturated rings. The largest absolute Gasteiger partial charge is 0.376 e. The van der Waals surface area contributed by atoms with Crippen LogP contribution >= 0.6 is 12.4 Å². The Morgan fingerprint density at radius 3 is 2.40 bits per heavy atom. The lowest BCUT2D eigenvalue weighted by Gasteiger charge is -2.37. The number of hydrogen-bond acceptors (Lipinski definition) is 3. The highest BCUT2D eigenvalue weighted by Crippen LogP contribution is 2.29. The van der Waals surface area contributed by atoms with Crippen molar-refractivity contribution in [2.75, 3.05) is 13.2 Å². The lowest BCUT2D eigenvalue weighted by Crippen LogP contribution is -2.46. The molecule has 1 atom stereocenters. The number of nitrogens with two attached hydrogens (primary N) is 1. The van der Waals surface area contributed by atoms with Gasteiger partial charge in [-0.2, -0.15) is 0 Å². The van der Waals surface area contributed by atoms with E-state index >= 15 is 0 Å². The van der Waals surface area contributed by atoms with Gasteiger partial charge in [-0.1, -0.05) is 19.1 Å². The second-order valence-corrected chi connectivity index (χ2v) is 7.41. The molecule has 0 aromatic heterocycles. The van der Waals surface area contributed by atoms with E-state index in [1.54, 1.807) is 0 Å². The standard InChI is InChI=1S/C20H30N2O2.ClH/c1-15-4-10-18(11-5-15)22(14-19-3-2-12-24-19)20(23)17-8-6-16(13-21)7-9-17;/h6-9,15,18-19H,2-5,10-14,21H2,1H3;1H. The average Bonchev–Trinajstić information content (AvgIpc) is 3.13. The summed E-state index contributed by atoms with van der Waals surface area (Å²) in [5.74, 6) is 0.929. The third-order valence-electron chi connectivity index (χ3n) is 5.55. The fraction of sp³-hybridized carbons (Fsp3) is 0.650. The summed E-state index contributed by atoms with van der Waals surface area (Å²) < 4.78 is 5.81. The van der Waals surface area contributed by atoms with E-state index < -0.39 is 0 Å². The molecular weight excluding hydrogens is 336 g/mol. The molecule has 1 saturated heterocycles. The van der Waals surface area contributed by atoms with Crippen LogP contribution in [-0.4, -0.2) is 36.1 Å². The maximum atomic E-state index is 13.2. The van der Waals surface area contributed by atoms with Gasteiger partial charge in [0.25, 0.3) is 5.91 Å². The van der Waals surface area contributed by atoms with Crippen molar-refractivity contribution in [2.45, 2.75) is 64.1 Å². The van der Waals surface area contributed by atoms with Crippen LogP contribution in [0.5, 0.6) is 0 Å². The van der Waals surface area contributed by atoms with Gasteiger partial charge in [-0.05, 0) is 62.1 Å². The van der Waals surface area contributed by atoms with E-state index in [0.717, 1.165) is 55.9 Å². The van der Waals surface area contributed by atoms with Crippen LogP contribution in [0.1, 0.15) is 61.4 Å². The Balaban J connectivity index is 0.00000225. The van der Waals surface area contributed by atoms with Crippen LogP contribution in [0.2, 0.25) is 0 Å². The summed E-state index contributed by atoms with van der Waals surface area (Å²) in [6.07, 6.45) is 7.04. The molecule has 1 aromatic rings. The van der Waals surface area contributed by atoms with Gasteiger partial charge in [0, 0.05) is 31.3 Å². The monoisotopic (exact) mass is 366 g/mol. The molecule has 1 amide bonds. The molecule has 0 radical (unpaired) electrons. The normalized spacial score (nSPS) is 26.1. The Hall–Kier alpha value is -1.10. The van der Waals surface area contributed by atoms with E-state index in [9.17, 15) is 4.79 Å². The summed E-state index contributed by atoms with van der Waals surface area (Å²) in [6, 6.07) is 8.10. The van der Waals surface area contributed by atoms with Gasteiger partial charge < -0.3 is 15.4 Å². The first kappa shape index (κ1) is 20.2. The van der Waals surface area contributed by atoms with Gasteiger partial charge in [-0.3, -0.25) is 4.79 Å². The highest BCUT2D eigenvalue weighted by Gasteiger charge is 2.31. The molecule has 2 N–H and O–H groups in total. The molecule has 0 spiro atoms. The third kappa shape index (κ3) is 5.19. The number of carbonyl (C=O) groups is 1. The predicted octanol–water partition coefficient (Wildman–Crippen LogP) is 3.77. The van der Waals surface area contributed by atoms with Crippen LogP contribution in [0.3, 0.4) is 0 Å². The number of amides is 1. The summed E-state index contributed by atoms with van der Waals surface area (Å²) in [4.78, 5) is 15.2. The van der Waals surface area contributed by atoms with Crippen LogP contribution in [-0.2, 0) is 11.3 Å². The summed E-state index contributed by atoms with van der Waals surface area (Å²) in [7, 11) is 0. The van der Waals surface area contributed by atoms with Gasteiger partial charge >= 0.3 is 0 Å². The van der Waals surface area contributed by atoms with Crippen molar-refractivity contribution >= 4 is 18.3 Å². The first-order chi connectivity index (χ1) is 11.7. The van der Waals surface area contributed by atoms with Gasteiger partial charge in [0.1, 0.15) is 0 Å². The number of benzene rings is 1. The SMILES string of the molecule is CC1CCC(N(CC2CCCO2)C(=O)c2ccc(CN)cc2)CC1.Cl. The van der Waals surface area contributed by atoms with Crippen molar-refractivity contribution in [3.05, 3.63) is 35.4 Å². The molecule has 3 rings (SSSR count). The average molecular weight is 367 g/mol. The van der Waals surface area contributed by atoms with Crippen molar-refractivity contribution in [1.29, 1.82) is 0 Å². The lowest BCUT2D eigenvalue weighted by atomic mass is 9.86. The number of hydrogen-bond donors (Lipinski definition) is 1. The van der Waals surface area contributed by atoms with E-state index in [4.69, 9.17) is 10.5 Å². The van der Waals surface area contributed by atoms with Gasteiger partial charge in [0.05, 0.1) is 6.10 Å². The van der Waals surface area contributed by atoms with E-state index in [1.165, 1.54) is 12.8 Å². The van der Waals surface area contributed by atoms with Crippen LogP contribution in [0.25, 0.3) is 0 Å². The van der Waals surface area contributed by atoms with Gasteiger partial charge in [-0.15, -0.1) is 12.4 Å². The molecule has 1 aromatic carbocycles. The molecular formula is C20H31ClN2O2. The minimum absolute atomic E-state index is 0. The van der Waals surface area contributed by atoms with Crippen LogP contribution in [0, 0.1) is 5.92 Å². The van der Waals surface area contributed by atoms with Crippen LogP contribution in [0.15, 0.2) is 24.3 Å². The molecule has 1 aliphatic carbocycles. The second-order valence-electron chi connectivity index (χ2n) is 7.41. The number of carbonyl (C=O) groups excluding carboxylic acids is 1. The first-order valence-corrected chi connectivity index (χ1v) is 9.39. The van der Waals surface area contributed by atoms with E-state index in [1.807, 2.05) is 24.3 Å². The molecule has 1 aliphatic heterocycles. The summed E-state index contributed by atoms with van der Waals surface area (Å²) in [5.41, 5.74) is 7.49. The van der Waals surface area contributed by atoms with Gasteiger partial charge in [0.15, 0.2) is 0 Å². The highest BCUT2D eigenvalue weighted by molar-refractivity contribution is 5.94. The first-order valence-electron chi connectivity index (χ1n) is 9.39. The fourth-order valence-corrected chi connectivity index (χ4v) is 3.91. The quantitative estimate of drug-likeness (QED) is 0.863.